The van der Waals surface area contributed by atoms with Crippen molar-refractivity contribution in [3.8, 4) is 0 Å². The van der Waals surface area contributed by atoms with Crippen molar-refractivity contribution in [3.63, 3.8) is 0 Å². The second kappa shape index (κ2) is 6.61. The van der Waals surface area contributed by atoms with Crippen LogP contribution in [0.5, 0.6) is 0 Å². The van der Waals surface area contributed by atoms with Crippen LogP contribution in [-0.2, 0) is 4.79 Å². The number of hydrogen-bond acceptors (Lipinski definition) is 4. The summed E-state index contributed by atoms with van der Waals surface area (Å²) in [6.07, 6.45) is 5.57. The van der Waals surface area contributed by atoms with Gasteiger partial charge < -0.3 is 10.0 Å². The molecule has 1 atom stereocenters. The quantitative estimate of drug-likeness (QED) is 0.880. The molecular formula is C17H28N4O2. The first-order valence-electron chi connectivity index (χ1n) is 8.67. The molecule has 2 aliphatic rings. The van der Waals surface area contributed by atoms with Crippen LogP contribution in [-0.4, -0.2) is 69.3 Å². The largest absolute Gasteiger partial charge is 0.388 e. The number of likely N-dealkylation sites (tertiary alicyclic amines) is 2. The Bertz CT molecular complexity index is 549. The van der Waals surface area contributed by atoms with Crippen LogP contribution in [0.4, 0.5) is 0 Å². The van der Waals surface area contributed by atoms with E-state index in [4.69, 9.17) is 0 Å². The fraction of sp³-hybridized carbons (Fsp3) is 0.765. The zero-order valence-electron chi connectivity index (χ0n) is 14.2. The Labute approximate surface area is 137 Å². The summed E-state index contributed by atoms with van der Waals surface area (Å²) in [7, 11) is 0. The predicted molar refractivity (Wildman–Crippen MR) is 88.2 cm³/mol. The molecule has 23 heavy (non-hydrogen) atoms. The smallest absolute Gasteiger partial charge is 0.219 e. The van der Waals surface area contributed by atoms with Gasteiger partial charge in [0.1, 0.15) is 0 Å². The summed E-state index contributed by atoms with van der Waals surface area (Å²) in [6.45, 7) is 7.77. The van der Waals surface area contributed by atoms with Gasteiger partial charge in [-0.1, -0.05) is 0 Å². The van der Waals surface area contributed by atoms with E-state index >= 15 is 0 Å². The molecule has 0 aromatic carbocycles. The lowest BCUT2D eigenvalue weighted by Gasteiger charge is -2.42. The van der Waals surface area contributed by atoms with Crippen LogP contribution in [0.25, 0.3) is 0 Å². The molecule has 2 saturated heterocycles. The number of aromatic amines is 1. The highest BCUT2D eigenvalue weighted by Gasteiger charge is 2.36. The number of H-pyrrole nitrogens is 1. The Balaban J connectivity index is 1.57. The molecule has 1 aromatic heterocycles. The molecule has 3 rings (SSSR count). The van der Waals surface area contributed by atoms with Crippen LogP contribution in [0.15, 0.2) is 6.20 Å². The van der Waals surface area contributed by atoms with Crippen molar-refractivity contribution >= 4 is 5.91 Å². The number of nitrogens with zero attached hydrogens (tertiary/aromatic N) is 3. The van der Waals surface area contributed by atoms with Gasteiger partial charge in [0, 0.05) is 44.7 Å². The number of β-amino-alcohol motifs (C(OH)–C–C–N with tert-alkyl or cyclic N) is 1. The summed E-state index contributed by atoms with van der Waals surface area (Å²) in [5, 5.41) is 18.2. The Morgan fingerprint density at radius 1 is 1.43 bits per heavy atom. The van der Waals surface area contributed by atoms with E-state index in [1.807, 2.05) is 11.1 Å². The molecule has 0 aliphatic carbocycles. The summed E-state index contributed by atoms with van der Waals surface area (Å²) in [4.78, 5) is 15.7. The van der Waals surface area contributed by atoms with Gasteiger partial charge in [-0.05, 0) is 44.7 Å². The minimum absolute atomic E-state index is 0.111. The van der Waals surface area contributed by atoms with Crippen molar-refractivity contribution in [2.75, 3.05) is 32.7 Å². The SMILES string of the molecule is CC(=O)N1CCC(O)(CN2CCC[C@H](c3[nH]ncc3C)C2)CC1. The summed E-state index contributed by atoms with van der Waals surface area (Å²) in [5.41, 5.74) is 1.81. The summed E-state index contributed by atoms with van der Waals surface area (Å²) >= 11 is 0. The number of aryl methyl sites for hydroxylation is 1. The van der Waals surface area contributed by atoms with Gasteiger partial charge in [-0.2, -0.15) is 5.10 Å². The maximum atomic E-state index is 11.4. The molecule has 1 amide bonds. The molecule has 6 heteroatoms. The molecule has 6 nitrogen and oxygen atoms in total. The van der Waals surface area contributed by atoms with Crippen molar-refractivity contribution in [2.24, 2.45) is 0 Å². The van der Waals surface area contributed by atoms with Gasteiger partial charge in [0.05, 0.1) is 11.8 Å². The Kier molecular flexibility index (Phi) is 4.73. The normalized spacial score (nSPS) is 25.5. The third-order valence-electron chi connectivity index (χ3n) is 5.44. The van der Waals surface area contributed by atoms with Gasteiger partial charge in [0.2, 0.25) is 5.91 Å². The second-order valence-electron chi connectivity index (χ2n) is 7.27. The van der Waals surface area contributed by atoms with E-state index in [9.17, 15) is 9.90 Å². The van der Waals surface area contributed by atoms with E-state index in [1.54, 1.807) is 6.92 Å². The predicted octanol–water partition coefficient (Wildman–Crippen LogP) is 1.27. The third-order valence-corrected chi connectivity index (χ3v) is 5.44. The summed E-state index contributed by atoms with van der Waals surface area (Å²) in [5.74, 6) is 0.590. The van der Waals surface area contributed by atoms with Gasteiger partial charge in [-0.25, -0.2) is 0 Å². The zero-order valence-corrected chi connectivity index (χ0v) is 14.2. The van der Waals surface area contributed by atoms with E-state index in [1.165, 1.54) is 17.7 Å². The molecule has 2 N–H and O–H groups in total. The van der Waals surface area contributed by atoms with Crippen LogP contribution in [0.3, 0.4) is 0 Å². The van der Waals surface area contributed by atoms with E-state index in [0.717, 1.165) is 19.5 Å². The van der Waals surface area contributed by atoms with Crippen molar-refractivity contribution < 1.29 is 9.90 Å². The van der Waals surface area contributed by atoms with Gasteiger partial charge in [0.25, 0.3) is 0 Å². The van der Waals surface area contributed by atoms with E-state index < -0.39 is 5.60 Å². The van der Waals surface area contributed by atoms with Crippen molar-refractivity contribution in [2.45, 2.75) is 51.0 Å². The van der Waals surface area contributed by atoms with Crippen LogP contribution in [0, 0.1) is 6.92 Å². The molecule has 3 heterocycles. The number of nitrogens with one attached hydrogen (secondary N) is 1. The first-order chi connectivity index (χ1) is 11.0. The number of aromatic nitrogens is 2. The number of rotatable bonds is 3. The molecule has 0 spiro atoms. The lowest BCUT2D eigenvalue weighted by molar-refractivity contribution is -0.133. The lowest BCUT2D eigenvalue weighted by Crippen LogP contribution is -2.53. The Hall–Kier alpha value is -1.40. The maximum absolute atomic E-state index is 11.4. The minimum Gasteiger partial charge on any atom is -0.388 e. The molecule has 0 radical (unpaired) electrons. The molecule has 2 aliphatic heterocycles. The lowest BCUT2D eigenvalue weighted by atomic mass is 9.88. The van der Waals surface area contributed by atoms with Gasteiger partial charge in [-0.3, -0.25) is 14.8 Å². The number of aliphatic hydroxyl groups is 1. The monoisotopic (exact) mass is 320 g/mol. The number of amides is 1. The molecule has 1 aromatic rings. The first-order valence-corrected chi connectivity index (χ1v) is 8.67. The molecular weight excluding hydrogens is 292 g/mol. The van der Waals surface area contributed by atoms with Gasteiger partial charge >= 0.3 is 0 Å². The summed E-state index contributed by atoms with van der Waals surface area (Å²) < 4.78 is 0. The van der Waals surface area contributed by atoms with Crippen LogP contribution >= 0.6 is 0 Å². The van der Waals surface area contributed by atoms with Crippen molar-refractivity contribution in [1.29, 1.82) is 0 Å². The molecule has 0 unspecified atom stereocenters. The fourth-order valence-corrected chi connectivity index (χ4v) is 4.02. The zero-order chi connectivity index (χ0) is 16.4. The molecule has 2 fully saturated rings. The minimum atomic E-state index is -0.656. The highest BCUT2D eigenvalue weighted by Crippen LogP contribution is 2.30. The highest BCUT2D eigenvalue weighted by molar-refractivity contribution is 5.73. The van der Waals surface area contributed by atoms with E-state index in [-0.39, 0.29) is 5.91 Å². The van der Waals surface area contributed by atoms with E-state index in [2.05, 4.69) is 22.0 Å². The topological polar surface area (TPSA) is 72.5 Å². The second-order valence-corrected chi connectivity index (χ2v) is 7.27. The first kappa shape index (κ1) is 16.5. The van der Waals surface area contributed by atoms with Crippen LogP contribution in [0.1, 0.15) is 49.8 Å². The Morgan fingerprint density at radius 2 is 2.17 bits per heavy atom. The average Bonchev–Trinajstić information content (AvgIpc) is 2.94. The Morgan fingerprint density at radius 3 is 2.78 bits per heavy atom. The van der Waals surface area contributed by atoms with Crippen LogP contribution < -0.4 is 0 Å². The highest BCUT2D eigenvalue weighted by atomic mass is 16.3. The number of carbonyl (C=O) groups excluding carboxylic acids is 1. The standard InChI is InChI=1S/C17H28N4O2/c1-13-10-18-19-16(13)15-4-3-7-20(11-15)12-17(23)5-8-21(9-6-17)14(2)22/h10,15,23H,3-9,11-12H2,1-2H3,(H,18,19)/t15-/m0/s1. The number of carbonyl (C=O) groups is 1. The third kappa shape index (κ3) is 3.75. The van der Waals surface area contributed by atoms with Gasteiger partial charge in [0.15, 0.2) is 0 Å². The van der Waals surface area contributed by atoms with Crippen molar-refractivity contribution in [1.82, 2.24) is 20.0 Å². The van der Waals surface area contributed by atoms with Crippen molar-refractivity contribution in [3.05, 3.63) is 17.5 Å². The average molecular weight is 320 g/mol. The van der Waals surface area contributed by atoms with E-state index in [0.29, 0.717) is 38.4 Å². The van der Waals surface area contributed by atoms with Gasteiger partial charge in [-0.15, -0.1) is 0 Å². The maximum Gasteiger partial charge on any atom is 0.219 e. The summed E-state index contributed by atoms with van der Waals surface area (Å²) in [6, 6.07) is 0. The van der Waals surface area contributed by atoms with Crippen LogP contribution in [0.2, 0.25) is 0 Å². The molecule has 0 bridgehead atoms. The molecule has 0 saturated carbocycles. The molecule has 128 valence electrons. The number of hydrogen-bond donors (Lipinski definition) is 2. The number of piperidine rings is 2. The fourth-order valence-electron chi connectivity index (χ4n) is 4.02.